The first-order valence-corrected chi connectivity index (χ1v) is 11.2. The van der Waals surface area contributed by atoms with E-state index in [4.69, 9.17) is 9.47 Å². The zero-order valence-electron chi connectivity index (χ0n) is 18.0. The molecule has 1 saturated carbocycles. The maximum atomic E-state index is 13.4. The second kappa shape index (κ2) is 9.21. The van der Waals surface area contributed by atoms with Crippen molar-refractivity contribution in [3.63, 3.8) is 0 Å². The van der Waals surface area contributed by atoms with Crippen LogP contribution in [0.2, 0.25) is 0 Å². The number of amides is 1. The highest BCUT2D eigenvalue weighted by atomic mass is 16.5. The summed E-state index contributed by atoms with van der Waals surface area (Å²) in [6, 6.07) is 7.02. The zero-order chi connectivity index (χ0) is 21.1. The molecule has 4 rings (SSSR count). The van der Waals surface area contributed by atoms with Crippen LogP contribution >= 0.6 is 0 Å². The highest BCUT2D eigenvalue weighted by Crippen LogP contribution is 2.40. The van der Waals surface area contributed by atoms with E-state index in [1.807, 2.05) is 29.2 Å². The van der Waals surface area contributed by atoms with Crippen molar-refractivity contribution >= 4 is 11.9 Å². The van der Waals surface area contributed by atoms with Crippen LogP contribution in [0.4, 0.5) is 0 Å². The van der Waals surface area contributed by atoms with Crippen LogP contribution in [0.25, 0.3) is 0 Å². The molecule has 6 heteroatoms. The summed E-state index contributed by atoms with van der Waals surface area (Å²) in [6.07, 6.45) is 9.22. The van der Waals surface area contributed by atoms with E-state index in [9.17, 15) is 9.59 Å². The fourth-order valence-corrected chi connectivity index (χ4v) is 5.30. The van der Waals surface area contributed by atoms with E-state index < -0.39 is 6.04 Å². The topological polar surface area (TPSA) is 67.9 Å². The number of rotatable bonds is 6. The fourth-order valence-electron chi connectivity index (χ4n) is 5.30. The minimum Gasteiger partial charge on any atom is -0.496 e. The van der Waals surface area contributed by atoms with Gasteiger partial charge in [-0.2, -0.15) is 0 Å². The van der Waals surface area contributed by atoms with Crippen LogP contribution in [0.5, 0.6) is 5.75 Å². The van der Waals surface area contributed by atoms with Gasteiger partial charge in [0.05, 0.1) is 14.2 Å². The molecule has 2 atom stereocenters. The molecular formula is C24H32N2O4. The van der Waals surface area contributed by atoms with Gasteiger partial charge in [0.1, 0.15) is 18.0 Å². The molecule has 1 N–H and O–H groups in total. The van der Waals surface area contributed by atoms with Gasteiger partial charge in [0, 0.05) is 17.2 Å². The number of nitrogens with zero attached hydrogens (tertiary/aromatic N) is 1. The molecule has 1 aromatic rings. The van der Waals surface area contributed by atoms with Crippen molar-refractivity contribution in [2.24, 2.45) is 0 Å². The number of para-hydroxylation sites is 1. The average Bonchev–Trinajstić information content (AvgIpc) is 3.09. The Hall–Kier alpha value is -2.34. The average molecular weight is 413 g/mol. The van der Waals surface area contributed by atoms with Gasteiger partial charge in [-0.3, -0.25) is 10.1 Å². The first-order valence-electron chi connectivity index (χ1n) is 11.2. The largest absolute Gasteiger partial charge is 0.496 e. The van der Waals surface area contributed by atoms with Crippen molar-refractivity contribution in [3.05, 3.63) is 41.0 Å². The molecule has 30 heavy (non-hydrogen) atoms. The number of hydrogen-bond acceptors (Lipinski definition) is 5. The smallest absolute Gasteiger partial charge is 0.327 e. The summed E-state index contributed by atoms with van der Waals surface area (Å²) in [6.45, 7) is 0. The maximum Gasteiger partial charge on any atom is 0.327 e. The molecule has 2 aliphatic carbocycles. The lowest BCUT2D eigenvalue weighted by molar-refractivity contribution is -0.145. The standard InChI is InChI=1S/C24H32N2O4/c1-29-20-15-9-8-14-19(20)21(24(28)30-2)25-22-17-12-6-7-13-18(17)23(27)26(22)16-10-4-3-5-11-16/h8-9,14-16,21-22,25H,3-7,10-13H2,1-2H3/t21-,22+/m1/s1. The quantitative estimate of drug-likeness (QED) is 0.719. The van der Waals surface area contributed by atoms with E-state index in [-0.39, 0.29) is 24.1 Å². The van der Waals surface area contributed by atoms with Crippen LogP contribution in [-0.4, -0.2) is 43.2 Å². The SMILES string of the molecule is COC(=O)[C@H](N[C@@H]1C2=C(CCCC2)C(=O)N1C1CCCCC1)c1ccccc1OC. The summed E-state index contributed by atoms with van der Waals surface area (Å²) in [5, 5.41) is 3.53. The molecule has 1 amide bonds. The molecule has 0 bridgehead atoms. The minimum absolute atomic E-state index is 0.165. The van der Waals surface area contributed by atoms with Gasteiger partial charge in [-0.1, -0.05) is 37.5 Å². The Bertz CT molecular complexity index is 828. The Morgan fingerprint density at radius 2 is 1.80 bits per heavy atom. The van der Waals surface area contributed by atoms with E-state index in [1.54, 1.807) is 7.11 Å². The predicted octanol–water partition coefficient (Wildman–Crippen LogP) is 3.87. The first-order chi connectivity index (χ1) is 14.7. The molecule has 3 aliphatic rings. The first kappa shape index (κ1) is 20.9. The number of esters is 1. The van der Waals surface area contributed by atoms with Crippen LogP contribution in [0, 0.1) is 0 Å². The van der Waals surface area contributed by atoms with Gasteiger partial charge in [0.2, 0.25) is 0 Å². The fraction of sp³-hybridized carbons (Fsp3) is 0.583. The van der Waals surface area contributed by atoms with Gasteiger partial charge in [-0.05, 0) is 50.2 Å². The van der Waals surface area contributed by atoms with Gasteiger partial charge in [-0.15, -0.1) is 0 Å². The normalized spacial score (nSPS) is 23.3. The molecule has 0 radical (unpaired) electrons. The second-order valence-electron chi connectivity index (χ2n) is 8.48. The number of carbonyl (C=O) groups excluding carboxylic acids is 2. The predicted molar refractivity (Wildman–Crippen MR) is 114 cm³/mol. The number of benzene rings is 1. The van der Waals surface area contributed by atoms with E-state index >= 15 is 0 Å². The van der Waals surface area contributed by atoms with Gasteiger partial charge in [0.15, 0.2) is 0 Å². The monoisotopic (exact) mass is 412 g/mol. The van der Waals surface area contributed by atoms with E-state index in [1.165, 1.54) is 19.1 Å². The molecule has 1 fully saturated rings. The van der Waals surface area contributed by atoms with Crippen LogP contribution in [-0.2, 0) is 14.3 Å². The maximum absolute atomic E-state index is 13.4. The van der Waals surface area contributed by atoms with Crippen LogP contribution in [0.1, 0.15) is 69.4 Å². The number of carbonyl (C=O) groups is 2. The summed E-state index contributed by atoms with van der Waals surface area (Å²) in [5.74, 6) is 0.421. The lowest BCUT2D eigenvalue weighted by Crippen LogP contribution is -2.53. The van der Waals surface area contributed by atoms with E-state index in [0.717, 1.165) is 62.5 Å². The third kappa shape index (κ3) is 3.85. The molecule has 6 nitrogen and oxygen atoms in total. The van der Waals surface area contributed by atoms with Crippen LogP contribution in [0.15, 0.2) is 35.4 Å². The van der Waals surface area contributed by atoms with Gasteiger partial charge in [-0.25, -0.2) is 4.79 Å². The molecule has 0 unspecified atom stereocenters. The Morgan fingerprint density at radius 1 is 1.07 bits per heavy atom. The molecule has 0 saturated heterocycles. The number of nitrogens with one attached hydrogen (secondary N) is 1. The van der Waals surface area contributed by atoms with E-state index in [0.29, 0.717) is 5.75 Å². The lowest BCUT2D eigenvalue weighted by atomic mass is 9.91. The highest BCUT2D eigenvalue weighted by Gasteiger charge is 2.45. The third-order valence-electron chi connectivity index (χ3n) is 6.79. The Balaban J connectivity index is 1.70. The third-order valence-corrected chi connectivity index (χ3v) is 6.79. The summed E-state index contributed by atoms with van der Waals surface area (Å²) >= 11 is 0. The minimum atomic E-state index is -0.705. The van der Waals surface area contributed by atoms with Crippen molar-refractivity contribution in [3.8, 4) is 5.75 Å². The van der Waals surface area contributed by atoms with Crippen molar-refractivity contribution in [1.82, 2.24) is 10.2 Å². The number of hydrogen-bond donors (Lipinski definition) is 1. The van der Waals surface area contributed by atoms with Gasteiger partial charge < -0.3 is 14.4 Å². The summed E-state index contributed by atoms with van der Waals surface area (Å²) in [5.41, 5.74) is 2.86. The lowest BCUT2D eigenvalue weighted by Gasteiger charge is -2.38. The molecule has 162 valence electrons. The number of methoxy groups -OCH3 is 2. The summed E-state index contributed by atoms with van der Waals surface area (Å²) in [7, 11) is 3.00. The highest BCUT2D eigenvalue weighted by molar-refractivity contribution is 5.98. The summed E-state index contributed by atoms with van der Waals surface area (Å²) < 4.78 is 10.7. The van der Waals surface area contributed by atoms with Crippen molar-refractivity contribution < 1.29 is 19.1 Å². The van der Waals surface area contributed by atoms with Gasteiger partial charge >= 0.3 is 5.97 Å². The molecular weight excluding hydrogens is 380 g/mol. The van der Waals surface area contributed by atoms with Gasteiger partial charge in [0.25, 0.3) is 5.91 Å². The molecule has 0 aromatic heterocycles. The van der Waals surface area contributed by atoms with Crippen molar-refractivity contribution in [2.75, 3.05) is 14.2 Å². The second-order valence-corrected chi connectivity index (χ2v) is 8.48. The summed E-state index contributed by atoms with van der Waals surface area (Å²) in [4.78, 5) is 28.3. The molecule has 1 aromatic carbocycles. The van der Waals surface area contributed by atoms with E-state index in [2.05, 4.69) is 5.32 Å². The Kier molecular flexibility index (Phi) is 6.42. The Labute approximate surface area is 178 Å². The molecule has 1 aliphatic heterocycles. The molecule has 0 spiro atoms. The van der Waals surface area contributed by atoms with Crippen LogP contribution in [0.3, 0.4) is 0 Å². The molecule has 1 heterocycles. The van der Waals surface area contributed by atoms with Crippen molar-refractivity contribution in [2.45, 2.75) is 76.0 Å². The zero-order valence-corrected chi connectivity index (χ0v) is 18.0. The Morgan fingerprint density at radius 3 is 2.53 bits per heavy atom. The van der Waals surface area contributed by atoms with Crippen LogP contribution < -0.4 is 10.1 Å². The van der Waals surface area contributed by atoms with Crippen molar-refractivity contribution in [1.29, 1.82) is 0 Å². The number of ether oxygens (including phenoxy) is 2.